The number of carbonyl (C=O) groups is 1. The molecular weight excluding hydrogens is 476 g/mol. The van der Waals surface area contributed by atoms with E-state index in [2.05, 4.69) is 36.1 Å². The highest BCUT2D eigenvalue weighted by Crippen LogP contribution is 2.39. The van der Waals surface area contributed by atoms with E-state index in [1.54, 1.807) is 24.3 Å². The van der Waals surface area contributed by atoms with Crippen LogP contribution in [0.15, 0.2) is 48.7 Å². The quantitative estimate of drug-likeness (QED) is 0.510. The third-order valence-electron chi connectivity index (χ3n) is 6.70. The summed E-state index contributed by atoms with van der Waals surface area (Å²) in [6.07, 6.45) is 2.55. The molecule has 0 saturated carbocycles. The molecule has 1 N–H and O–H groups in total. The monoisotopic (exact) mass is 510 g/mol. The number of benzene rings is 1. The lowest BCUT2D eigenvalue weighted by Gasteiger charge is -2.40. The van der Waals surface area contributed by atoms with Crippen LogP contribution in [0.1, 0.15) is 45.2 Å². The Hall–Kier alpha value is -3.20. The third-order valence-corrected chi connectivity index (χ3v) is 8.41. The molecule has 1 aliphatic rings. The molecule has 192 valence electrons. The van der Waals surface area contributed by atoms with E-state index in [0.717, 1.165) is 28.0 Å². The molecule has 1 aromatic carbocycles. The Kier molecular flexibility index (Phi) is 7.22. The van der Waals surface area contributed by atoms with Crippen molar-refractivity contribution >= 4 is 38.2 Å². The number of anilines is 2. The molecule has 0 spiro atoms. The van der Waals surface area contributed by atoms with E-state index in [0.29, 0.717) is 18.7 Å². The fraction of sp³-hybridized carbons (Fsp3) is 0.444. The van der Waals surface area contributed by atoms with Crippen molar-refractivity contribution in [3.63, 3.8) is 0 Å². The minimum atomic E-state index is -3.01. The Balaban J connectivity index is 1.52. The number of nitrogens with one attached hydrogen (secondary N) is 1. The van der Waals surface area contributed by atoms with Crippen LogP contribution in [-0.2, 0) is 14.6 Å². The summed E-state index contributed by atoms with van der Waals surface area (Å²) < 4.78 is 28.8. The summed E-state index contributed by atoms with van der Waals surface area (Å²) in [5.74, 6) is 0.467. The van der Waals surface area contributed by atoms with Gasteiger partial charge >= 0.3 is 0 Å². The van der Waals surface area contributed by atoms with Gasteiger partial charge in [-0.3, -0.25) is 9.78 Å². The zero-order chi connectivity index (χ0) is 26.1. The van der Waals surface area contributed by atoms with Crippen molar-refractivity contribution in [1.29, 1.82) is 0 Å². The Morgan fingerprint density at radius 3 is 2.33 bits per heavy atom. The molecule has 4 rings (SSSR count). The fourth-order valence-corrected chi connectivity index (χ4v) is 6.43. The van der Waals surface area contributed by atoms with Gasteiger partial charge in [0.05, 0.1) is 47.6 Å². The van der Waals surface area contributed by atoms with Crippen molar-refractivity contribution in [2.45, 2.75) is 39.7 Å². The average Bonchev–Trinajstić information content (AvgIpc) is 2.83. The number of methoxy groups -OCH3 is 1. The van der Waals surface area contributed by atoms with E-state index < -0.39 is 9.84 Å². The molecule has 1 saturated heterocycles. The van der Waals surface area contributed by atoms with Crippen LogP contribution >= 0.6 is 0 Å². The van der Waals surface area contributed by atoms with Gasteiger partial charge in [-0.25, -0.2) is 13.4 Å². The molecule has 8 nitrogen and oxygen atoms in total. The summed E-state index contributed by atoms with van der Waals surface area (Å²) in [7, 11) is 0.398. The minimum Gasteiger partial charge on any atom is -0.481 e. The summed E-state index contributed by atoms with van der Waals surface area (Å²) in [4.78, 5) is 24.0. The van der Waals surface area contributed by atoms with Crippen LogP contribution in [0, 0.1) is 11.3 Å². The number of nitrogens with zero attached hydrogens (tertiary/aromatic N) is 3. The molecule has 1 aliphatic heterocycles. The summed E-state index contributed by atoms with van der Waals surface area (Å²) in [5.41, 5.74) is 4.03. The van der Waals surface area contributed by atoms with Crippen LogP contribution in [0.25, 0.3) is 11.0 Å². The van der Waals surface area contributed by atoms with Crippen LogP contribution in [0.2, 0.25) is 0 Å². The van der Waals surface area contributed by atoms with Gasteiger partial charge in [0.15, 0.2) is 0 Å². The molecule has 1 amide bonds. The molecule has 36 heavy (non-hydrogen) atoms. The largest absolute Gasteiger partial charge is 0.481 e. The molecule has 0 bridgehead atoms. The molecule has 0 unspecified atom stereocenters. The van der Waals surface area contributed by atoms with Gasteiger partial charge in [0.25, 0.3) is 0 Å². The number of amides is 1. The number of pyridine rings is 2. The second-order valence-corrected chi connectivity index (χ2v) is 12.8. The first-order valence-corrected chi connectivity index (χ1v) is 13.9. The smallest absolute Gasteiger partial charge is 0.226 e. The van der Waals surface area contributed by atoms with Crippen molar-refractivity contribution in [3.8, 4) is 5.88 Å². The van der Waals surface area contributed by atoms with E-state index >= 15 is 0 Å². The molecule has 9 heteroatoms. The van der Waals surface area contributed by atoms with Gasteiger partial charge in [-0.05, 0) is 48.1 Å². The number of ether oxygens (including phenoxy) is 1. The van der Waals surface area contributed by atoms with Crippen LogP contribution in [0.3, 0.4) is 0 Å². The fourth-order valence-electron chi connectivity index (χ4n) is 4.94. The zero-order valence-corrected chi connectivity index (χ0v) is 22.3. The van der Waals surface area contributed by atoms with E-state index in [1.165, 1.54) is 0 Å². The van der Waals surface area contributed by atoms with Gasteiger partial charge in [0.1, 0.15) is 9.84 Å². The van der Waals surface area contributed by atoms with Crippen LogP contribution < -0.4 is 10.1 Å². The number of sulfone groups is 1. The van der Waals surface area contributed by atoms with Gasteiger partial charge in [-0.1, -0.05) is 32.9 Å². The Bertz CT molecular complexity index is 1340. The Morgan fingerprint density at radius 1 is 1.06 bits per heavy atom. The Morgan fingerprint density at radius 2 is 1.72 bits per heavy atom. The van der Waals surface area contributed by atoms with E-state index in [-0.39, 0.29) is 34.8 Å². The molecule has 3 heterocycles. The van der Waals surface area contributed by atoms with Gasteiger partial charge in [0.2, 0.25) is 11.8 Å². The minimum absolute atomic E-state index is 0.0113. The number of aromatic nitrogens is 2. The average molecular weight is 511 g/mol. The highest BCUT2D eigenvalue weighted by Gasteiger charge is 2.37. The zero-order valence-electron chi connectivity index (χ0n) is 21.5. The first kappa shape index (κ1) is 25.9. The van der Waals surface area contributed by atoms with Gasteiger partial charge < -0.3 is 15.0 Å². The van der Waals surface area contributed by atoms with E-state index in [1.807, 2.05) is 43.4 Å². The number of carbonyl (C=O) groups excluding carboxylic acids is 1. The number of fused-ring (bicyclic) bond motifs is 1. The molecule has 0 aliphatic carbocycles. The number of hydrogen-bond acceptors (Lipinski definition) is 7. The van der Waals surface area contributed by atoms with Crippen LogP contribution in [0.4, 0.5) is 11.4 Å². The topological polar surface area (TPSA) is 101 Å². The summed E-state index contributed by atoms with van der Waals surface area (Å²) in [6.45, 7) is 6.34. The lowest BCUT2D eigenvalue weighted by atomic mass is 9.80. The lowest BCUT2D eigenvalue weighted by molar-refractivity contribution is -0.139. The first-order valence-electron chi connectivity index (χ1n) is 12.1. The highest BCUT2D eigenvalue weighted by atomic mass is 32.2. The molecule has 0 radical (unpaired) electrons. The van der Waals surface area contributed by atoms with Gasteiger partial charge in [0, 0.05) is 24.7 Å². The molecule has 1 fully saturated rings. The maximum Gasteiger partial charge on any atom is 0.226 e. The highest BCUT2D eigenvalue weighted by molar-refractivity contribution is 7.91. The second kappa shape index (κ2) is 10.0. The SMILES string of the molecule is COc1ccc2ncc(Nc3ccc([C@H](N(C)C(=O)C4CCS(=O)(=O)CC4)C(C)(C)C)cc3)cc2n1. The number of hydrogen-bond donors (Lipinski definition) is 1. The van der Waals surface area contributed by atoms with Gasteiger partial charge in [-0.2, -0.15) is 0 Å². The normalized spacial score (nSPS) is 16.9. The van der Waals surface area contributed by atoms with Crippen LogP contribution in [-0.4, -0.2) is 54.9 Å². The number of rotatable bonds is 6. The van der Waals surface area contributed by atoms with E-state index in [9.17, 15) is 13.2 Å². The molecule has 1 atom stereocenters. The second-order valence-electron chi connectivity index (χ2n) is 10.5. The van der Waals surface area contributed by atoms with Crippen molar-refractivity contribution in [3.05, 3.63) is 54.2 Å². The van der Waals surface area contributed by atoms with Crippen molar-refractivity contribution in [2.24, 2.45) is 11.3 Å². The third kappa shape index (κ3) is 5.78. The van der Waals surface area contributed by atoms with Crippen molar-refractivity contribution < 1.29 is 17.9 Å². The van der Waals surface area contributed by atoms with E-state index in [4.69, 9.17) is 4.74 Å². The van der Waals surface area contributed by atoms with Crippen molar-refractivity contribution in [2.75, 3.05) is 31.0 Å². The lowest BCUT2D eigenvalue weighted by Crippen LogP contribution is -2.43. The summed E-state index contributed by atoms with van der Waals surface area (Å²) in [5, 5.41) is 3.37. The standard InChI is InChI=1S/C27H34N4O4S/c1-27(2,3)25(31(4)26(32)19-12-14-36(33,34)15-13-19)18-6-8-20(9-7-18)29-21-16-23-22(28-17-21)10-11-24(30-23)35-5/h6-11,16-17,19,25,29H,12-15H2,1-5H3/t25-/m0/s1. The van der Waals surface area contributed by atoms with Crippen molar-refractivity contribution in [1.82, 2.24) is 14.9 Å². The Labute approximate surface area is 213 Å². The summed E-state index contributed by atoms with van der Waals surface area (Å²) in [6, 6.07) is 13.5. The molecular formula is C27H34N4O4S. The van der Waals surface area contributed by atoms with Crippen LogP contribution in [0.5, 0.6) is 5.88 Å². The van der Waals surface area contributed by atoms with Gasteiger partial charge in [-0.15, -0.1) is 0 Å². The maximum absolute atomic E-state index is 13.3. The predicted octanol–water partition coefficient (Wildman–Crippen LogP) is 4.75. The maximum atomic E-state index is 13.3. The molecule has 2 aromatic heterocycles. The predicted molar refractivity (Wildman–Crippen MR) is 142 cm³/mol. The first-order chi connectivity index (χ1) is 17.0. The summed E-state index contributed by atoms with van der Waals surface area (Å²) >= 11 is 0. The molecule has 3 aromatic rings.